The highest BCUT2D eigenvalue weighted by Crippen LogP contribution is 2.29. The van der Waals surface area contributed by atoms with E-state index < -0.39 is 0 Å². The van der Waals surface area contributed by atoms with Gasteiger partial charge in [-0.05, 0) is 38.1 Å². The van der Waals surface area contributed by atoms with Gasteiger partial charge in [-0.2, -0.15) is 0 Å². The van der Waals surface area contributed by atoms with Crippen LogP contribution in [0.15, 0.2) is 0 Å². The Kier molecular flexibility index (Phi) is 7.04. The molecule has 4 heteroatoms. The first-order valence-corrected chi connectivity index (χ1v) is 6.82. The molecule has 0 amide bonds. The van der Waals surface area contributed by atoms with Crippen LogP contribution in [0.2, 0.25) is 0 Å². The Hall–Kier alpha value is -0.160. The van der Waals surface area contributed by atoms with E-state index in [0.29, 0.717) is 25.0 Å². The minimum Gasteiger partial charge on any atom is -0.395 e. The third kappa shape index (κ3) is 4.92. The van der Waals surface area contributed by atoms with Gasteiger partial charge in [0.15, 0.2) is 0 Å². The maximum atomic E-state index is 9.03. The predicted molar refractivity (Wildman–Crippen MR) is 70.0 cm³/mol. The monoisotopic (exact) mass is 244 g/mol. The van der Waals surface area contributed by atoms with E-state index in [0.717, 1.165) is 12.5 Å². The Morgan fingerprint density at radius 2 is 1.82 bits per heavy atom. The molecule has 0 saturated heterocycles. The summed E-state index contributed by atoms with van der Waals surface area (Å²) in [6, 6.07) is 0.589. The molecule has 1 rings (SSSR count). The number of rotatable bonds is 7. The number of aliphatic hydroxyl groups excluding tert-OH is 2. The highest BCUT2D eigenvalue weighted by Gasteiger charge is 2.28. The van der Waals surface area contributed by atoms with E-state index in [2.05, 4.69) is 17.1 Å². The molecule has 4 nitrogen and oxygen atoms in total. The first-order valence-electron chi connectivity index (χ1n) is 6.82. The van der Waals surface area contributed by atoms with E-state index >= 15 is 0 Å². The summed E-state index contributed by atoms with van der Waals surface area (Å²) in [6.07, 6.45) is 3.80. The third-order valence-electron chi connectivity index (χ3n) is 3.94. The van der Waals surface area contributed by atoms with Crippen molar-refractivity contribution in [3.63, 3.8) is 0 Å². The predicted octanol–water partition coefficient (Wildman–Crippen LogP) is 0.297. The second kappa shape index (κ2) is 8.03. The smallest absolute Gasteiger partial charge is 0.0558 e. The second-order valence-corrected chi connectivity index (χ2v) is 5.32. The van der Waals surface area contributed by atoms with Crippen LogP contribution in [-0.2, 0) is 0 Å². The van der Waals surface area contributed by atoms with Crippen molar-refractivity contribution < 1.29 is 10.2 Å². The largest absolute Gasteiger partial charge is 0.395 e. The summed E-state index contributed by atoms with van der Waals surface area (Å²) in [6.45, 7) is 4.99. The average molecular weight is 244 g/mol. The van der Waals surface area contributed by atoms with E-state index in [4.69, 9.17) is 10.2 Å². The summed E-state index contributed by atoms with van der Waals surface area (Å²) >= 11 is 0. The van der Waals surface area contributed by atoms with Gasteiger partial charge >= 0.3 is 0 Å². The molecule has 0 spiro atoms. The van der Waals surface area contributed by atoms with E-state index in [1.807, 2.05) is 7.05 Å². The molecule has 3 atom stereocenters. The molecule has 0 heterocycles. The minimum absolute atomic E-state index is 0.173. The molecule has 0 aromatic rings. The first kappa shape index (κ1) is 14.9. The fourth-order valence-corrected chi connectivity index (χ4v) is 2.99. The second-order valence-electron chi connectivity index (χ2n) is 5.32. The molecule has 1 saturated carbocycles. The van der Waals surface area contributed by atoms with E-state index in [9.17, 15) is 0 Å². The van der Waals surface area contributed by atoms with Crippen LogP contribution in [0.5, 0.6) is 0 Å². The molecular formula is C13H28N2O2. The minimum atomic E-state index is 0.173. The van der Waals surface area contributed by atoms with Crippen molar-refractivity contribution in [2.75, 3.05) is 39.9 Å². The van der Waals surface area contributed by atoms with Gasteiger partial charge in [0, 0.05) is 25.7 Å². The normalized spacial score (nSPS) is 29.8. The van der Waals surface area contributed by atoms with Crippen LogP contribution in [0.4, 0.5) is 0 Å². The lowest BCUT2D eigenvalue weighted by molar-refractivity contribution is 0.111. The van der Waals surface area contributed by atoms with Gasteiger partial charge in [-0.15, -0.1) is 0 Å². The van der Waals surface area contributed by atoms with Crippen molar-refractivity contribution in [2.24, 2.45) is 11.8 Å². The van der Waals surface area contributed by atoms with Gasteiger partial charge in [0.1, 0.15) is 0 Å². The molecule has 3 unspecified atom stereocenters. The molecule has 1 aliphatic rings. The van der Waals surface area contributed by atoms with Crippen LogP contribution in [0.1, 0.15) is 26.2 Å². The van der Waals surface area contributed by atoms with Crippen LogP contribution < -0.4 is 5.32 Å². The highest BCUT2D eigenvalue weighted by molar-refractivity contribution is 4.84. The van der Waals surface area contributed by atoms with Crippen molar-refractivity contribution in [3.05, 3.63) is 0 Å². The number of hydrogen-bond donors (Lipinski definition) is 3. The molecule has 0 aromatic carbocycles. The van der Waals surface area contributed by atoms with Gasteiger partial charge in [0.25, 0.3) is 0 Å². The van der Waals surface area contributed by atoms with Crippen molar-refractivity contribution >= 4 is 0 Å². The average Bonchev–Trinajstić information content (AvgIpc) is 2.30. The molecule has 1 fully saturated rings. The fourth-order valence-electron chi connectivity index (χ4n) is 2.99. The van der Waals surface area contributed by atoms with E-state index in [-0.39, 0.29) is 13.2 Å². The molecule has 0 bridgehead atoms. The Morgan fingerprint density at radius 3 is 2.35 bits per heavy atom. The molecule has 0 radical (unpaired) electrons. The van der Waals surface area contributed by atoms with E-state index in [1.165, 1.54) is 19.3 Å². The summed E-state index contributed by atoms with van der Waals surface area (Å²) in [5.74, 6) is 1.44. The Bertz CT molecular complexity index is 196. The zero-order valence-electron chi connectivity index (χ0n) is 11.2. The lowest BCUT2D eigenvalue weighted by Gasteiger charge is -2.37. The molecule has 102 valence electrons. The summed E-state index contributed by atoms with van der Waals surface area (Å²) in [5.41, 5.74) is 0. The van der Waals surface area contributed by atoms with Crippen LogP contribution in [0.25, 0.3) is 0 Å². The van der Waals surface area contributed by atoms with Crippen molar-refractivity contribution in [3.8, 4) is 0 Å². The zero-order chi connectivity index (χ0) is 12.7. The fraction of sp³-hybridized carbons (Fsp3) is 1.00. The van der Waals surface area contributed by atoms with Gasteiger partial charge in [-0.25, -0.2) is 0 Å². The van der Waals surface area contributed by atoms with Crippen LogP contribution >= 0.6 is 0 Å². The van der Waals surface area contributed by atoms with Gasteiger partial charge in [-0.3, -0.25) is 4.90 Å². The molecular weight excluding hydrogens is 216 g/mol. The highest BCUT2D eigenvalue weighted by atomic mass is 16.3. The Morgan fingerprint density at radius 1 is 1.18 bits per heavy atom. The number of nitrogens with one attached hydrogen (secondary N) is 1. The molecule has 0 aromatic heterocycles. The molecule has 1 aliphatic carbocycles. The zero-order valence-corrected chi connectivity index (χ0v) is 11.2. The first-order chi connectivity index (χ1) is 8.21. The quantitative estimate of drug-likeness (QED) is 0.603. The lowest BCUT2D eigenvalue weighted by Crippen LogP contribution is -2.45. The van der Waals surface area contributed by atoms with Gasteiger partial charge in [0.2, 0.25) is 0 Å². The van der Waals surface area contributed by atoms with Crippen LogP contribution in [-0.4, -0.2) is 61.1 Å². The summed E-state index contributed by atoms with van der Waals surface area (Å²) in [4.78, 5) is 2.17. The SMILES string of the molecule is CNC1CCC(C)CC1CN(CCO)CCO. The summed E-state index contributed by atoms with van der Waals surface area (Å²) < 4.78 is 0. The number of hydrogen-bond acceptors (Lipinski definition) is 4. The molecule has 17 heavy (non-hydrogen) atoms. The Balaban J connectivity index is 2.48. The van der Waals surface area contributed by atoms with Crippen LogP contribution in [0.3, 0.4) is 0 Å². The topological polar surface area (TPSA) is 55.7 Å². The standard InChI is InChI=1S/C13H28N2O2/c1-11-3-4-13(14-2)12(9-11)10-15(5-7-16)6-8-17/h11-14,16-17H,3-10H2,1-2H3. The van der Waals surface area contributed by atoms with E-state index in [1.54, 1.807) is 0 Å². The van der Waals surface area contributed by atoms with Crippen molar-refractivity contribution in [1.82, 2.24) is 10.2 Å². The van der Waals surface area contributed by atoms with Crippen molar-refractivity contribution in [2.45, 2.75) is 32.2 Å². The molecule has 0 aliphatic heterocycles. The lowest BCUT2D eigenvalue weighted by atomic mass is 9.78. The van der Waals surface area contributed by atoms with Gasteiger partial charge < -0.3 is 15.5 Å². The number of aliphatic hydroxyl groups is 2. The maximum absolute atomic E-state index is 9.03. The molecule has 3 N–H and O–H groups in total. The van der Waals surface area contributed by atoms with Crippen molar-refractivity contribution in [1.29, 1.82) is 0 Å². The number of nitrogens with zero attached hydrogens (tertiary/aromatic N) is 1. The van der Waals surface area contributed by atoms with Crippen LogP contribution in [0, 0.1) is 11.8 Å². The van der Waals surface area contributed by atoms with Gasteiger partial charge in [-0.1, -0.05) is 6.92 Å². The third-order valence-corrected chi connectivity index (χ3v) is 3.94. The van der Waals surface area contributed by atoms with Gasteiger partial charge in [0.05, 0.1) is 13.2 Å². The Labute approximate surface area is 105 Å². The maximum Gasteiger partial charge on any atom is 0.0558 e. The summed E-state index contributed by atoms with van der Waals surface area (Å²) in [5, 5.41) is 21.5. The summed E-state index contributed by atoms with van der Waals surface area (Å²) in [7, 11) is 2.04.